The molecule has 0 atom stereocenters. The van der Waals surface area contributed by atoms with Crippen LogP contribution in [0.4, 0.5) is 17.2 Å². The molecule has 0 saturated heterocycles. The molecule has 0 aliphatic heterocycles. The van der Waals surface area contributed by atoms with Crippen molar-refractivity contribution in [1.29, 1.82) is 0 Å². The molecule has 1 aromatic carbocycles. The van der Waals surface area contributed by atoms with Crippen LogP contribution >= 0.6 is 0 Å². The number of anilines is 3. The van der Waals surface area contributed by atoms with Crippen molar-refractivity contribution in [1.82, 2.24) is 4.98 Å². The predicted octanol–water partition coefficient (Wildman–Crippen LogP) is 2.59. The van der Waals surface area contributed by atoms with Crippen LogP contribution in [0.1, 0.15) is 17.3 Å². The Morgan fingerprint density at radius 2 is 2.05 bits per heavy atom. The minimum Gasteiger partial charge on any atom is -0.497 e. The molecular weight excluding hydrogens is 270 g/mol. The van der Waals surface area contributed by atoms with Gasteiger partial charge in [0.05, 0.1) is 31.2 Å². The van der Waals surface area contributed by atoms with Gasteiger partial charge in [-0.15, -0.1) is 0 Å². The van der Waals surface area contributed by atoms with Crippen molar-refractivity contribution < 1.29 is 14.3 Å². The van der Waals surface area contributed by atoms with Crippen molar-refractivity contribution in [2.75, 3.05) is 24.8 Å². The Balaban J connectivity index is 2.20. The Bertz CT molecular complexity index is 627. The van der Waals surface area contributed by atoms with E-state index in [0.29, 0.717) is 18.0 Å². The second kappa shape index (κ2) is 6.60. The third-order valence-corrected chi connectivity index (χ3v) is 2.79. The van der Waals surface area contributed by atoms with Crippen molar-refractivity contribution in [2.24, 2.45) is 0 Å². The van der Waals surface area contributed by atoms with Crippen LogP contribution in [0.15, 0.2) is 36.5 Å². The van der Waals surface area contributed by atoms with Crippen molar-refractivity contribution >= 4 is 23.2 Å². The van der Waals surface area contributed by atoms with Crippen LogP contribution in [-0.4, -0.2) is 24.7 Å². The van der Waals surface area contributed by atoms with Gasteiger partial charge in [-0.3, -0.25) is 0 Å². The fourth-order valence-electron chi connectivity index (χ4n) is 1.74. The molecule has 3 N–H and O–H groups in total. The van der Waals surface area contributed by atoms with Gasteiger partial charge < -0.3 is 20.5 Å². The number of methoxy groups -OCH3 is 1. The monoisotopic (exact) mass is 287 g/mol. The Morgan fingerprint density at radius 1 is 1.33 bits per heavy atom. The van der Waals surface area contributed by atoms with E-state index in [1.165, 1.54) is 6.20 Å². The highest BCUT2D eigenvalue weighted by molar-refractivity contribution is 5.95. The zero-order chi connectivity index (χ0) is 15.2. The summed E-state index contributed by atoms with van der Waals surface area (Å²) in [5.41, 5.74) is 7.15. The Labute approximate surface area is 122 Å². The first kappa shape index (κ1) is 14.6. The Morgan fingerprint density at radius 3 is 2.67 bits per heavy atom. The lowest BCUT2D eigenvalue weighted by atomic mass is 10.2. The van der Waals surface area contributed by atoms with E-state index >= 15 is 0 Å². The molecule has 0 radical (unpaired) electrons. The largest absolute Gasteiger partial charge is 0.497 e. The number of hydrogen-bond acceptors (Lipinski definition) is 6. The van der Waals surface area contributed by atoms with Gasteiger partial charge in [0, 0.05) is 5.69 Å². The zero-order valence-corrected chi connectivity index (χ0v) is 11.9. The van der Waals surface area contributed by atoms with E-state index in [-0.39, 0.29) is 5.69 Å². The molecule has 110 valence electrons. The molecule has 0 aliphatic rings. The smallest absolute Gasteiger partial charge is 0.340 e. The maximum atomic E-state index is 11.8. The highest BCUT2D eigenvalue weighted by Crippen LogP contribution is 2.21. The van der Waals surface area contributed by atoms with Gasteiger partial charge in [-0.05, 0) is 37.3 Å². The quantitative estimate of drug-likeness (QED) is 0.822. The topological polar surface area (TPSA) is 86.5 Å². The molecule has 0 unspecified atom stereocenters. The second-order valence-electron chi connectivity index (χ2n) is 4.23. The maximum absolute atomic E-state index is 11.8. The first-order valence-electron chi connectivity index (χ1n) is 6.47. The van der Waals surface area contributed by atoms with Crippen molar-refractivity contribution in [3.8, 4) is 5.75 Å². The molecule has 2 rings (SSSR count). The first-order valence-corrected chi connectivity index (χ1v) is 6.47. The van der Waals surface area contributed by atoms with Crippen molar-refractivity contribution in [3.05, 3.63) is 42.1 Å². The average Bonchev–Trinajstić information content (AvgIpc) is 2.50. The number of pyridine rings is 1. The molecule has 0 spiro atoms. The molecule has 0 saturated carbocycles. The van der Waals surface area contributed by atoms with E-state index in [4.69, 9.17) is 15.2 Å². The molecule has 0 amide bonds. The summed E-state index contributed by atoms with van der Waals surface area (Å²) >= 11 is 0. The number of hydrogen-bond donors (Lipinski definition) is 2. The summed E-state index contributed by atoms with van der Waals surface area (Å²) in [5, 5.41) is 3.09. The molecule has 21 heavy (non-hydrogen) atoms. The first-order chi connectivity index (χ1) is 10.1. The standard InChI is InChI=1S/C15H17N3O3/c1-3-21-15(19)12-8-14(17-9-13(12)16)18-10-4-6-11(20-2)7-5-10/h4-9H,3,16H2,1-2H3,(H,17,18). The molecule has 1 heterocycles. The van der Waals surface area contributed by atoms with Gasteiger partial charge in [-0.1, -0.05) is 0 Å². The number of nitrogens with one attached hydrogen (secondary N) is 1. The molecule has 0 bridgehead atoms. The number of ether oxygens (including phenoxy) is 2. The minimum absolute atomic E-state index is 0.286. The van der Waals surface area contributed by atoms with E-state index in [1.807, 2.05) is 24.3 Å². The van der Waals surface area contributed by atoms with E-state index < -0.39 is 5.97 Å². The molecule has 0 fully saturated rings. The summed E-state index contributed by atoms with van der Waals surface area (Å²) in [6.07, 6.45) is 1.43. The fraction of sp³-hybridized carbons (Fsp3) is 0.200. The number of carbonyl (C=O) groups is 1. The third kappa shape index (κ3) is 3.62. The number of nitrogens with two attached hydrogens (primary N) is 1. The van der Waals surface area contributed by atoms with Gasteiger partial charge in [0.1, 0.15) is 11.6 Å². The SMILES string of the molecule is CCOC(=O)c1cc(Nc2ccc(OC)cc2)ncc1N. The summed E-state index contributed by atoms with van der Waals surface area (Å²) in [5.74, 6) is 0.811. The van der Waals surface area contributed by atoms with Crippen molar-refractivity contribution in [2.45, 2.75) is 6.92 Å². The average molecular weight is 287 g/mol. The highest BCUT2D eigenvalue weighted by Gasteiger charge is 2.12. The zero-order valence-electron chi connectivity index (χ0n) is 11.9. The molecular formula is C15H17N3O3. The van der Waals surface area contributed by atoms with Crippen LogP contribution < -0.4 is 15.8 Å². The van der Waals surface area contributed by atoms with Gasteiger partial charge >= 0.3 is 5.97 Å². The van der Waals surface area contributed by atoms with E-state index in [9.17, 15) is 4.79 Å². The molecule has 0 aliphatic carbocycles. The predicted molar refractivity (Wildman–Crippen MR) is 80.9 cm³/mol. The van der Waals surface area contributed by atoms with Crippen LogP contribution in [0.25, 0.3) is 0 Å². The van der Waals surface area contributed by atoms with Crippen LogP contribution in [0.5, 0.6) is 5.75 Å². The Kier molecular flexibility index (Phi) is 4.61. The third-order valence-electron chi connectivity index (χ3n) is 2.79. The van der Waals surface area contributed by atoms with E-state index in [1.54, 1.807) is 20.1 Å². The Hall–Kier alpha value is -2.76. The van der Waals surface area contributed by atoms with E-state index in [0.717, 1.165) is 11.4 Å². The van der Waals surface area contributed by atoms with E-state index in [2.05, 4.69) is 10.3 Å². The number of carbonyl (C=O) groups excluding carboxylic acids is 1. The summed E-state index contributed by atoms with van der Waals surface area (Å²) < 4.78 is 10.0. The maximum Gasteiger partial charge on any atom is 0.340 e. The summed E-state index contributed by atoms with van der Waals surface area (Å²) in [4.78, 5) is 15.9. The molecule has 1 aromatic heterocycles. The number of esters is 1. The van der Waals surface area contributed by atoms with Crippen LogP contribution in [0, 0.1) is 0 Å². The molecule has 6 nitrogen and oxygen atoms in total. The van der Waals surface area contributed by atoms with Gasteiger partial charge in [0.15, 0.2) is 0 Å². The van der Waals surface area contributed by atoms with Crippen LogP contribution in [0.2, 0.25) is 0 Å². The van der Waals surface area contributed by atoms with Crippen molar-refractivity contribution in [3.63, 3.8) is 0 Å². The fourth-order valence-corrected chi connectivity index (χ4v) is 1.74. The summed E-state index contributed by atoms with van der Waals surface area (Å²) in [6.45, 7) is 2.04. The molecule has 6 heteroatoms. The normalized spacial score (nSPS) is 10.0. The lowest BCUT2D eigenvalue weighted by molar-refractivity contribution is 0.0527. The van der Waals surface area contributed by atoms with Gasteiger partial charge in [-0.2, -0.15) is 0 Å². The number of aromatic nitrogens is 1. The lowest BCUT2D eigenvalue weighted by Gasteiger charge is -2.09. The second-order valence-corrected chi connectivity index (χ2v) is 4.23. The van der Waals surface area contributed by atoms with Crippen LogP contribution in [-0.2, 0) is 4.74 Å². The number of nitrogen functional groups attached to an aromatic ring is 1. The molecule has 2 aromatic rings. The minimum atomic E-state index is -0.463. The summed E-state index contributed by atoms with van der Waals surface area (Å²) in [6, 6.07) is 8.91. The number of benzene rings is 1. The highest BCUT2D eigenvalue weighted by atomic mass is 16.5. The number of rotatable bonds is 5. The van der Waals surface area contributed by atoms with Gasteiger partial charge in [-0.25, -0.2) is 9.78 Å². The summed E-state index contributed by atoms with van der Waals surface area (Å²) in [7, 11) is 1.61. The van der Waals surface area contributed by atoms with Gasteiger partial charge in [0.25, 0.3) is 0 Å². The lowest BCUT2D eigenvalue weighted by Crippen LogP contribution is -2.09. The number of nitrogens with zero attached hydrogens (tertiary/aromatic N) is 1. The van der Waals surface area contributed by atoms with Crippen LogP contribution in [0.3, 0.4) is 0 Å². The van der Waals surface area contributed by atoms with Gasteiger partial charge in [0.2, 0.25) is 0 Å².